The quantitative estimate of drug-likeness (QED) is 0.765. The first-order valence-electron chi connectivity index (χ1n) is 6.88. The van der Waals surface area contributed by atoms with Gasteiger partial charge in [-0.1, -0.05) is 41.4 Å². The molecule has 2 rings (SSSR count). The molecule has 0 saturated heterocycles. The van der Waals surface area contributed by atoms with Crippen molar-refractivity contribution in [3.8, 4) is 0 Å². The predicted octanol–water partition coefficient (Wildman–Crippen LogP) is 4.82. The smallest absolute Gasteiger partial charge is 0.0548 e. The highest BCUT2D eigenvalue weighted by Gasteiger charge is 1.97. The van der Waals surface area contributed by atoms with Gasteiger partial charge in [0, 0.05) is 22.7 Å². The molecule has 0 fully saturated rings. The highest BCUT2D eigenvalue weighted by molar-refractivity contribution is 9.10. The molecule has 0 aliphatic carbocycles. The molecule has 0 aromatic heterocycles. The third-order valence-electron chi connectivity index (χ3n) is 3.01. The standard InChI is InChI=1S/C9H11ClO.C8H8BrClO/c1-7-6-8(4-5-11)2-3-9(7)10;9-7-5-6(3-4-11)1-2-8(7)10/h2-3,6,11H,4-5H2,1H3;1-2,5,11H,3-4H2. The van der Waals surface area contributed by atoms with E-state index in [0.29, 0.717) is 17.9 Å². The first-order valence-corrected chi connectivity index (χ1v) is 8.43. The molecular formula is C17H19BrCl2O2. The third kappa shape index (κ3) is 6.67. The van der Waals surface area contributed by atoms with E-state index >= 15 is 0 Å². The van der Waals surface area contributed by atoms with Crippen LogP contribution in [0.3, 0.4) is 0 Å². The lowest BCUT2D eigenvalue weighted by Crippen LogP contribution is -1.90. The Labute approximate surface area is 149 Å². The lowest BCUT2D eigenvalue weighted by Gasteiger charge is -2.01. The van der Waals surface area contributed by atoms with E-state index in [2.05, 4.69) is 15.9 Å². The van der Waals surface area contributed by atoms with Crippen LogP contribution in [0.5, 0.6) is 0 Å². The molecule has 5 heteroatoms. The second kappa shape index (κ2) is 10.2. The second-order valence-electron chi connectivity index (χ2n) is 4.78. The summed E-state index contributed by atoms with van der Waals surface area (Å²) in [5.74, 6) is 0. The number of hydrogen-bond donors (Lipinski definition) is 2. The van der Waals surface area contributed by atoms with Crippen molar-refractivity contribution < 1.29 is 10.2 Å². The van der Waals surface area contributed by atoms with Gasteiger partial charge in [0.1, 0.15) is 0 Å². The maximum atomic E-state index is 8.65. The molecule has 0 spiro atoms. The predicted molar refractivity (Wildman–Crippen MR) is 96.9 cm³/mol. The van der Waals surface area contributed by atoms with E-state index in [1.807, 2.05) is 43.3 Å². The fourth-order valence-electron chi connectivity index (χ4n) is 1.82. The lowest BCUT2D eigenvalue weighted by atomic mass is 10.1. The summed E-state index contributed by atoms with van der Waals surface area (Å²) in [7, 11) is 0. The fraction of sp³-hybridized carbons (Fsp3) is 0.294. The fourth-order valence-corrected chi connectivity index (χ4v) is 2.48. The number of hydrogen-bond acceptors (Lipinski definition) is 2. The molecule has 0 aliphatic heterocycles. The van der Waals surface area contributed by atoms with Crippen molar-refractivity contribution in [2.75, 3.05) is 13.2 Å². The summed E-state index contributed by atoms with van der Waals surface area (Å²) >= 11 is 14.9. The number of aliphatic hydroxyl groups excluding tert-OH is 2. The Morgan fingerprint density at radius 1 is 0.864 bits per heavy atom. The van der Waals surface area contributed by atoms with Crippen molar-refractivity contribution in [3.05, 3.63) is 67.6 Å². The SMILES string of the molecule is Cc1cc(CCO)ccc1Cl.OCCc1ccc(Cl)c(Br)c1. The molecule has 0 radical (unpaired) electrons. The zero-order chi connectivity index (χ0) is 16.5. The zero-order valence-electron chi connectivity index (χ0n) is 12.3. The number of aliphatic hydroxyl groups is 2. The van der Waals surface area contributed by atoms with Gasteiger partial charge in [-0.15, -0.1) is 0 Å². The molecule has 22 heavy (non-hydrogen) atoms. The molecule has 0 unspecified atom stereocenters. The van der Waals surface area contributed by atoms with Crippen LogP contribution < -0.4 is 0 Å². The maximum absolute atomic E-state index is 8.65. The van der Waals surface area contributed by atoms with Crippen molar-refractivity contribution in [3.63, 3.8) is 0 Å². The summed E-state index contributed by atoms with van der Waals surface area (Å²) in [6, 6.07) is 11.4. The zero-order valence-corrected chi connectivity index (χ0v) is 15.4. The lowest BCUT2D eigenvalue weighted by molar-refractivity contribution is 0.299. The monoisotopic (exact) mass is 404 g/mol. The highest BCUT2D eigenvalue weighted by Crippen LogP contribution is 2.23. The van der Waals surface area contributed by atoms with Gasteiger partial charge in [-0.3, -0.25) is 0 Å². The van der Waals surface area contributed by atoms with Crippen LogP contribution in [0.2, 0.25) is 10.0 Å². The number of rotatable bonds is 4. The molecule has 0 amide bonds. The molecule has 0 aliphatic rings. The maximum Gasteiger partial charge on any atom is 0.0548 e. The molecule has 0 bridgehead atoms. The number of benzene rings is 2. The largest absolute Gasteiger partial charge is 0.396 e. The summed E-state index contributed by atoms with van der Waals surface area (Å²) in [4.78, 5) is 0. The van der Waals surface area contributed by atoms with Gasteiger partial charge < -0.3 is 10.2 Å². The van der Waals surface area contributed by atoms with Crippen LogP contribution in [0.25, 0.3) is 0 Å². The minimum Gasteiger partial charge on any atom is -0.396 e. The molecule has 2 N–H and O–H groups in total. The normalized spacial score (nSPS) is 10.1. The first-order chi connectivity index (χ1) is 10.5. The van der Waals surface area contributed by atoms with E-state index in [4.69, 9.17) is 33.4 Å². The first kappa shape index (κ1) is 19.5. The summed E-state index contributed by atoms with van der Waals surface area (Å²) in [5, 5.41) is 18.8. The molecule has 0 saturated carbocycles. The van der Waals surface area contributed by atoms with Crippen LogP contribution in [-0.4, -0.2) is 23.4 Å². The number of halogens is 3. The van der Waals surface area contributed by atoms with Crippen LogP contribution in [-0.2, 0) is 12.8 Å². The Morgan fingerprint density at radius 2 is 1.36 bits per heavy atom. The summed E-state index contributed by atoms with van der Waals surface area (Å²) in [6.45, 7) is 2.33. The summed E-state index contributed by atoms with van der Waals surface area (Å²) < 4.78 is 0.880. The van der Waals surface area contributed by atoms with Crippen molar-refractivity contribution >= 4 is 39.1 Å². The van der Waals surface area contributed by atoms with Crippen molar-refractivity contribution in [1.82, 2.24) is 0 Å². The Kier molecular flexibility index (Phi) is 9.06. The van der Waals surface area contributed by atoms with E-state index < -0.39 is 0 Å². The average Bonchev–Trinajstić information content (AvgIpc) is 2.48. The minimum absolute atomic E-state index is 0.175. The van der Waals surface area contributed by atoms with E-state index in [0.717, 1.165) is 26.2 Å². The summed E-state index contributed by atoms with van der Waals surface area (Å²) in [5.41, 5.74) is 3.29. The van der Waals surface area contributed by atoms with Crippen molar-refractivity contribution in [2.24, 2.45) is 0 Å². The van der Waals surface area contributed by atoms with Gasteiger partial charge in [-0.25, -0.2) is 0 Å². The van der Waals surface area contributed by atoms with Crippen molar-refractivity contribution in [1.29, 1.82) is 0 Å². The third-order valence-corrected chi connectivity index (χ3v) is 4.65. The van der Waals surface area contributed by atoms with Gasteiger partial charge in [-0.2, -0.15) is 0 Å². The van der Waals surface area contributed by atoms with Crippen LogP contribution >= 0.6 is 39.1 Å². The molecule has 2 aromatic rings. The molecule has 2 nitrogen and oxygen atoms in total. The Bertz CT molecular complexity index is 550. The van der Waals surface area contributed by atoms with Gasteiger partial charge in [0.15, 0.2) is 0 Å². The van der Waals surface area contributed by atoms with E-state index in [-0.39, 0.29) is 13.2 Å². The molecule has 2 aromatic carbocycles. The van der Waals surface area contributed by atoms with Crippen LogP contribution in [0, 0.1) is 6.92 Å². The van der Waals surface area contributed by atoms with E-state index in [1.54, 1.807) is 0 Å². The van der Waals surface area contributed by atoms with Crippen LogP contribution in [0.4, 0.5) is 0 Å². The molecule has 120 valence electrons. The van der Waals surface area contributed by atoms with Crippen LogP contribution in [0.15, 0.2) is 40.9 Å². The minimum atomic E-state index is 0.175. The number of aryl methyl sites for hydroxylation is 1. The van der Waals surface area contributed by atoms with Gasteiger partial charge in [0.25, 0.3) is 0 Å². The molecular weight excluding hydrogens is 387 g/mol. The van der Waals surface area contributed by atoms with Gasteiger partial charge in [0.2, 0.25) is 0 Å². The average molecular weight is 406 g/mol. The van der Waals surface area contributed by atoms with Gasteiger partial charge >= 0.3 is 0 Å². The Balaban J connectivity index is 0.000000220. The second-order valence-corrected chi connectivity index (χ2v) is 6.45. The van der Waals surface area contributed by atoms with Crippen LogP contribution in [0.1, 0.15) is 16.7 Å². The highest BCUT2D eigenvalue weighted by atomic mass is 79.9. The topological polar surface area (TPSA) is 40.5 Å². The molecule has 0 atom stereocenters. The van der Waals surface area contributed by atoms with Gasteiger partial charge in [-0.05, 0) is 70.6 Å². The van der Waals surface area contributed by atoms with E-state index in [1.165, 1.54) is 0 Å². The van der Waals surface area contributed by atoms with Crippen molar-refractivity contribution in [2.45, 2.75) is 19.8 Å². The Morgan fingerprint density at radius 3 is 1.82 bits per heavy atom. The van der Waals surface area contributed by atoms with Gasteiger partial charge in [0.05, 0.1) is 5.02 Å². The molecule has 0 heterocycles. The summed E-state index contributed by atoms with van der Waals surface area (Å²) in [6.07, 6.45) is 1.38. The van der Waals surface area contributed by atoms with E-state index in [9.17, 15) is 0 Å². The Hall–Kier alpha value is -0.580.